The summed E-state index contributed by atoms with van der Waals surface area (Å²) in [7, 11) is 0. The lowest BCUT2D eigenvalue weighted by Gasteiger charge is -2.14. The quantitative estimate of drug-likeness (QED) is 0.448. The Kier molecular flexibility index (Phi) is 6.93. The number of amides is 2. The molecule has 0 spiro atoms. The number of carbonyl (C=O) groups is 3. The third kappa shape index (κ3) is 4.79. The number of benzene rings is 2. The van der Waals surface area contributed by atoms with Crippen LogP contribution in [0.25, 0.3) is 11.1 Å². The first-order valence-corrected chi connectivity index (χ1v) is 11.8. The first-order chi connectivity index (χ1) is 16.4. The van der Waals surface area contributed by atoms with E-state index in [0.717, 1.165) is 22.3 Å². The molecule has 0 aliphatic heterocycles. The van der Waals surface area contributed by atoms with Crippen LogP contribution in [0.1, 0.15) is 50.8 Å². The van der Waals surface area contributed by atoms with Crippen molar-refractivity contribution in [1.82, 2.24) is 15.6 Å². The van der Waals surface area contributed by atoms with Crippen LogP contribution in [0.2, 0.25) is 0 Å². The van der Waals surface area contributed by atoms with Gasteiger partial charge in [-0.3, -0.25) is 4.79 Å². The Bertz CT molecular complexity index is 1190. The largest absolute Gasteiger partial charge is 0.480 e. The summed E-state index contributed by atoms with van der Waals surface area (Å²) < 4.78 is 5.52. The molecule has 1 aromatic heterocycles. The summed E-state index contributed by atoms with van der Waals surface area (Å²) in [6.45, 7) is 3.71. The molecular formula is C25H25N3O5S. The smallest absolute Gasteiger partial charge is 0.407 e. The minimum Gasteiger partial charge on any atom is -0.480 e. The lowest BCUT2D eigenvalue weighted by Crippen LogP contribution is -2.40. The Labute approximate surface area is 201 Å². The average molecular weight is 480 g/mol. The maximum absolute atomic E-state index is 12.4. The number of fused-ring (bicyclic) bond motifs is 3. The van der Waals surface area contributed by atoms with Crippen LogP contribution in [0.5, 0.6) is 0 Å². The van der Waals surface area contributed by atoms with E-state index in [-0.39, 0.29) is 31.2 Å². The number of hydrogen-bond acceptors (Lipinski definition) is 6. The van der Waals surface area contributed by atoms with E-state index in [0.29, 0.717) is 9.88 Å². The molecule has 0 bridgehead atoms. The molecule has 0 fully saturated rings. The normalized spacial score (nSPS) is 13.0. The third-order valence-electron chi connectivity index (χ3n) is 5.80. The predicted molar refractivity (Wildman–Crippen MR) is 128 cm³/mol. The van der Waals surface area contributed by atoms with Crippen LogP contribution in [0, 0.1) is 6.92 Å². The van der Waals surface area contributed by atoms with Crippen LogP contribution in [-0.2, 0) is 16.1 Å². The summed E-state index contributed by atoms with van der Waals surface area (Å²) in [5, 5.41) is 14.8. The Hall–Kier alpha value is -3.72. The lowest BCUT2D eigenvalue weighted by molar-refractivity contribution is -0.139. The molecule has 0 radical (unpaired) electrons. The molecule has 9 heteroatoms. The highest BCUT2D eigenvalue weighted by molar-refractivity contribution is 7.11. The fourth-order valence-electron chi connectivity index (χ4n) is 4.10. The highest BCUT2D eigenvalue weighted by Crippen LogP contribution is 2.44. The molecule has 1 aliphatic carbocycles. The lowest BCUT2D eigenvalue weighted by atomic mass is 9.98. The van der Waals surface area contributed by atoms with Crippen molar-refractivity contribution < 1.29 is 24.2 Å². The zero-order valence-corrected chi connectivity index (χ0v) is 19.6. The summed E-state index contributed by atoms with van der Waals surface area (Å²) in [5.74, 6) is -1.67. The predicted octanol–water partition coefficient (Wildman–Crippen LogP) is 4.08. The minimum atomic E-state index is -1.10. The fraction of sp³-hybridized carbons (Fsp3) is 0.280. The number of nitrogens with one attached hydrogen (secondary N) is 2. The number of thiazole rings is 1. The number of nitrogens with zero attached hydrogens (tertiary/aromatic N) is 1. The van der Waals surface area contributed by atoms with E-state index >= 15 is 0 Å². The highest BCUT2D eigenvalue weighted by atomic mass is 32.1. The number of hydrogen-bond donors (Lipinski definition) is 3. The molecule has 1 aliphatic rings. The van der Waals surface area contributed by atoms with Crippen molar-refractivity contribution in [2.75, 3.05) is 6.61 Å². The van der Waals surface area contributed by atoms with Crippen molar-refractivity contribution in [3.8, 4) is 11.1 Å². The van der Waals surface area contributed by atoms with Crippen molar-refractivity contribution in [2.24, 2.45) is 0 Å². The van der Waals surface area contributed by atoms with Gasteiger partial charge >= 0.3 is 12.1 Å². The monoisotopic (exact) mass is 479 g/mol. The van der Waals surface area contributed by atoms with Gasteiger partial charge in [-0.25, -0.2) is 14.6 Å². The van der Waals surface area contributed by atoms with Gasteiger partial charge in [0.2, 0.25) is 0 Å². The fourth-order valence-corrected chi connectivity index (χ4v) is 4.97. The molecule has 1 atom stereocenters. The van der Waals surface area contributed by atoms with Crippen LogP contribution >= 0.6 is 11.3 Å². The van der Waals surface area contributed by atoms with Gasteiger partial charge < -0.3 is 20.5 Å². The third-order valence-corrected chi connectivity index (χ3v) is 6.77. The summed E-state index contributed by atoms with van der Waals surface area (Å²) in [4.78, 5) is 40.9. The van der Waals surface area contributed by atoms with Gasteiger partial charge in [-0.2, -0.15) is 0 Å². The zero-order chi connectivity index (χ0) is 24.2. The Balaban J connectivity index is 1.34. The van der Waals surface area contributed by atoms with Crippen LogP contribution in [0.3, 0.4) is 0 Å². The first kappa shape index (κ1) is 23.4. The van der Waals surface area contributed by atoms with Gasteiger partial charge in [0.05, 0.1) is 6.54 Å². The van der Waals surface area contributed by atoms with Crippen LogP contribution < -0.4 is 10.6 Å². The molecule has 0 saturated heterocycles. The van der Waals surface area contributed by atoms with Gasteiger partial charge in [-0.05, 0) is 35.6 Å². The molecule has 3 N–H and O–H groups in total. The van der Waals surface area contributed by atoms with Crippen LogP contribution in [-0.4, -0.2) is 40.7 Å². The number of aryl methyl sites for hydroxylation is 1. The SMILES string of the molecule is CCC(NC(=O)c1nc(CNC(=O)OCC2c3ccccc3-c3ccccc32)sc1C)C(=O)O. The van der Waals surface area contributed by atoms with E-state index in [2.05, 4.69) is 39.9 Å². The maximum Gasteiger partial charge on any atom is 0.407 e. The minimum absolute atomic E-state index is 0.0312. The van der Waals surface area contributed by atoms with Crippen molar-refractivity contribution in [2.45, 2.75) is 38.8 Å². The second-order valence-electron chi connectivity index (χ2n) is 7.96. The van der Waals surface area contributed by atoms with Gasteiger partial charge in [0.25, 0.3) is 5.91 Å². The summed E-state index contributed by atoms with van der Waals surface area (Å²) in [6.07, 6.45) is -0.307. The Morgan fingerprint density at radius 1 is 1.09 bits per heavy atom. The Morgan fingerprint density at radius 2 is 1.71 bits per heavy atom. The molecule has 8 nitrogen and oxygen atoms in total. The molecule has 1 unspecified atom stereocenters. The van der Waals surface area contributed by atoms with Crippen LogP contribution in [0.4, 0.5) is 4.79 Å². The van der Waals surface area contributed by atoms with Crippen molar-refractivity contribution in [3.05, 3.63) is 75.2 Å². The molecule has 34 heavy (non-hydrogen) atoms. The number of aliphatic carboxylic acids is 1. The number of alkyl carbamates (subject to hydrolysis) is 1. The van der Waals surface area contributed by atoms with E-state index < -0.39 is 24.0 Å². The van der Waals surface area contributed by atoms with E-state index in [1.807, 2.05) is 24.3 Å². The Morgan fingerprint density at radius 3 is 2.29 bits per heavy atom. The average Bonchev–Trinajstić information content (AvgIpc) is 3.37. The van der Waals surface area contributed by atoms with Gasteiger partial charge in [-0.1, -0.05) is 55.5 Å². The standard InChI is InChI=1S/C25H25N3O5S/c1-3-20(24(30)31)27-23(29)22-14(2)34-21(28-22)12-26-25(32)33-13-19-17-10-6-4-8-15(17)16-9-5-7-11-18(16)19/h4-11,19-20H,3,12-13H2,1-2H3,(H,26,32)(H,27,29)(H,30,31). The van der Waals surface area contributed by atoms with Crippen molar-refractivity contribution >= 4 is 29.3 Å². The van der Waals surface area contributed by atoms with Gasteiger partial charge in [0.1, 0.15) is 23.4 Å². The molecule has 2 amide bonds. The molecule has 1 heterocycles. The number of carboxylic acid groups (broad SMARTS) is 1. The van der Waals surface area contributed by atoms with Crippen LogP contribution in [0.15, 0.2) is 48.5 Å². The summed E-state index contributed by atoms with van der Waals surface area (Å²) >= 11 is 1.26. The number of ether oxygens (including phenoxy) is 1. The molecule has 176 valence electrons. The molecule has 3 aromatic rings. The van der Waals surface area contributed by atoms with E-state index in [1.165, 1.54) is 11.3 Å². The number of aromatic nitrogens is 1. The molecule has 2 aromatic carbocycles. The number of carboxylic acids is 1. The molecular weight excluding hydrogens is 454 g/mol. The number of rotatable bonds is 8. The zero-order valence-electron chi connectivity index (χ0n) is 18.8. The topological polar surface area (TPSA) is 118 Å². The second kappa shape index (κ2) is 10.0. The summed E-state index contributed by atoms with van der Waals surface area (Å²) in [5.41, 5.74) is 4.74. The van der Waals surface area contributed by atoms with Crippen molar-refractivity contribution in [1.29, 1.82) is 0 Å². The first-order valence-electron chi connectivity index (χ1n) is 11.0. The number of carbonyl (C=O) groups excluding carboxylic acids is 2. The summed E-state index contributed by atoms with van der Waals surface area (Å²) in [6, 6.07) is 15.2. The van der Waals surface area contributed by atoms with Crippen molar-refractivity contribution in [3.63, 3.8) is 0 Å². The highest BCUT2D eigenvalue weighted by Gasteiger charge is 2.29. The van der Waals surface area contributed by atoms with E-state index in [1.54, 1.807) is 13.8 Å². The second-order valence-corrected chi connectivity index (χ2v) is 9.25. The van der Waals surface area contributed by atoms with E-state index in [9.17, 15) is 14.4 Å². The van der Waals surface area contributed by atoms with E-state index in [4.69, 9.17) is 9.84 Å². The molecule has 4 rings (SSSR count). The van der Waals surface area contributed by atoms with Gasteiger partial charge in [0.15, 0.2) is 0 Å². The van der Waals surface area contributed by atoms with Gasteiger partial charge in [-0.15, -0.1) is 11.3 Å². The molecule has 0 saturated carbocycles. The maximum atomic E-state index is 12.4. The van der Waals surface area contributed by atoms with Gasteiger partial charge in [0, 0.05) is 10.8 Å².